The van der Waals surface area contributed by atoms with Gasteiger partial charge in [0, 0.05) is 6.20 Å². The van der Waals surface area contributed by atoms with Crippen LogP contribution >= 0.6 is 39.1 Å². The molecule has 1 N–H and O–H groups in total. The molecule has 0 saturated heterocycles. The summed E-state index contributed by atoms with van der Waals surface area (Å²) < 4.78 is 0.792. The highest BCUT2D eigenvalue weighted by Crippen LogP contribution is 2.29. The summed E-state index contributed by atoms with van der Waals surface area (Å²) in [6.07, 6.45) is 1.57. The summed E-state index contributed by atoms with van der Waals surface area (Å²) in [5.74, 6) is 0.678. The molecule has 0 aliphatic rings. The summed E-state index contributed by atoms with van der Waals surface area (Å²) in [7, 11) is 0. The van der Waals surface area contributed by atoms with Crippen LogP contribution in [0.4, 0.5) is 11.5 Å². The van der Waals surface area contributed by atoms with E-state index in [4.69, 9.17) is 23.2 Å². The van der Waals surface area contributed by atoms with Gasteiger partial charge in [0.25, 0.3) is 0 Å². The number of nitrogens with one attached hydrogen (secondary N) is 1. The number of nitrogens with zero attached hydrogens (tertiary/aromatic N) is 1. The van der Waals surface area contributed by atoms with Gasteiger partial charge in [0.1, 0.15) is 5.82 Å². The second-order valence-electron chi connectivity index (χ2n) is 3.09. The SMILES string of the molecule is Clc1cnc(Nc2ccccc2Cl)c(Br)c1. The Balaban J connectivity index is 2.31. The highest BCUT2D eigenvalue weighted by molar-refractivity contribution is 9.10. The van der Waals surface area contributed by atoms with Crippen LogP contribution in [0.2, 0.25) is 10.0 Å². The molecule has 5 heteroatoms. The lowest BCUT2D eigenvalue weighted by atomic mass is 10.3. The maximum Gasteiger partial charge on any atom is 0.144 e. The zero-order valence-corrected chi connectivity index (χ0v) is 11.1. The van der Waals surface area contributed by atoms with E-state index in [0.717, 1.165) is 10.2 Å². The number of rotatable bonds is 2. The predicted octanol–water partition coefficient (Wildman–Crippen LogP) is 4.89. The summed E-state index contributed by atoms with van der Waals surface area (Å²) >= 11 is 15.2. The molecule has 16 heavy (non-hydrogen) atoms. The van der Waals surface area contributed by atoms with Crippen molar-refractivity contribution in [1.82, 2.24) is 4.98 Å². The van der Waals surface area contributed by atoms with Crippen LogP contribution in [-0.2, 0) is 0 Å². The number of anilines is 2. The first kappa shape index (κ1) is 11.7. The van der Waals surface area contributed by atoms with E-state index < -0.39 is 0 Å². The van der Waals surface area contributed by atoms with Crippen LogP contribution in [0.1, 0.15) is 0 Å². The number of halogens is 3. The summed E-state index contributed by atoms with van der Waals surface area (Å²) in [4.78, 5) is 4.17. The fourth-order valence-corrected chi connectivity index (χ4v) is 2.12. The second kappa shape index (κ2) is 5.04. The lowest BCUT2D eigenvalue weighted by Gasteiger charge is -2.08. The van der Waals surface area contributed by atoms with Gasteiger partial charge >= 0.3 is 0 Å². The van der Waals surface area contributed by atoms with Crippen molar-refractivity contribution in [2.24, 2.45) is 0 Å². The summed E-state index contributed by atoms with van der Waals surface area (Å²) in [6, 6.07) is 9.24. The van der Waals surface area contributed by atoms with E-state index in [2.05, 4.69) is 26.2 Å². The van der Waals surface area contributed by atoms with Crippen LogP contribution in [0.3, 0.4) is 0 Å². The first-order valence-electron chi connectivity index (χ1n) is 4.49. The molecule has 2 nitrogen and oxygen atoms in total. The molecule has 0 aliphatic carbocycles. The smallest absolute Gasteiger partial charge is 0.144 e. The van der Waals surface area contributed by atoms with E-state index >= 15 is 0 Å². The van der Waals surface area contributed by atoms with Crippen molar-refractivity contribution in [3.05, 3.63) is 51.0 Å². The molecule has 1 aromatic heterocycles. The van der Waals surface area contributed by atoms with E-state index in [1.165, 1.54) is 0 Å². The minimum atomic E-state index is 0.580. The number of aromatic nitrogens is 1. The maximum absolute atomic E-state index is 6.03. The Morgan fingerprint density at radius 1 is 1.19 bits per heavy atom. The van der Waals surface area contributed by atoms with Crippen LogP contribution in [-0.4, -0.2) is 4.98 Å². The zero-order chi connectivity index (χ0) is 11.5. The third kappa shape index (κ3) is 2.67. The quantitative estimate of drug-likeness (QED) is 0.852. The van der Waals surface area contributed by atoms with Crippen LogP contribution in [0.15, 0.2) is 41.0 Å². The van der Waals surface area contributed by atoms with E-state index in [-0.39, 0.29) is 0 Å². The molecule has 0 fully saturated rings. The standard InChI is InChI=1S/C11H7BrCl2N2/c12-8-5-7(13)6-15-11(8)16-10-4-2-1-3-9(10)14/h1-6H,(H,15,16). The fraction of sp³-hybridized carbons (Fsp3) is 0. The lowest BCUT2D eigenvalue weighted by Crippen LogP contribution is -1.94. The number of hydrogen-bond acceptors (Lipinski definition) is 2. The van der Waals surface area contributed by atoms with Gasteiger partial charge in [-0.25, -0.2) is 4.98 Å². The second-order valence-corrected chi connectivity index (χ2v) is 4.79. The predicted molar refractivity (Wildman–Crippen MR) is 71.7 cm³/mol. The maximum atomic E-state index is 6.03. The van der Waals surface area contributed by atoms with Crippen molar-refractivity contribution >= 4 is 50.6 Å². The van der Waals surface area contributed by atoms with Gasteiger partial charge in [-0.05, 0) is 34.1 Å². The summed E-state index contributed by atoms with van der Waals surface area (Å²) in [5, 5.41) is 4.34. The average Bonchev–Trinajstić information content (AvgIpc) is 2.25. The van der Waals surface area contributed by atoms with Crippen LogP contribution in [0.25, 0.3) is 0 Å². The molecule has 1 aromatic carbocycles. The number of para-hydroxylation sites is 1. The van der Waals surface area contributed by atoms with Gasteiger partial charge in [-0.1, -0.05) is 35.3 Å². The zero-order valence-electron chi connectivity index (χ0n) is 8.05. The molecule has 2 aromatic rings. The van der Waals surface area contributed by atoms with Gasteiger partial charge in [0.15, 0.2) is 0 Å². The van der Waals surface area contributed by atoms with Crippen molar-refractivity contribution in [1.29, 1.82) is 0 Å². The molecular weight excluding hydrogens is 311 g/mol. The molecular formula is C11H7BrCl2N2. The monoisotopic (exact) mass is 316 g/mol. The Hall–Kier alpha value is -0.770. The Morgan fingerprint density at radius 3 is 2.62 bits per heavy atom. The molecule has 0 saturated carbocycles. The Morgan fingerprint density at radius 2 is 1.94 bits per heavy atom. The van der Waals surface area contributed by atoms with Crippen molar-refractivity contribution in [2.75, 3.05) is 5.32 Å². The van der Waals surface area contributed by atoms with Crippen molar-refractivity contribution < 1.29 is 0 Å². The van der Waals surface area contributed by atoms with Crippen LogP contribution in [0, 0.1) is 0 Å². The number of benzene rings is 1. The van der Waals surface area contributed by atoms with Crippen molar-refractivity contribution in [2.45, 2.75) is 0 Å². The molecule has 0 atom stereocenters. The van der Waals surface area contributed by atoms with E-state index in [9.17, 15) is 0 Å². The molecule has 0 radical (unpaired) electrons. The first-order chi connectivity index (χ1) is 7.66. The van der Waals surface area contributed by atoms with Gasteiger partial charge in [-0.2, -0.15) is 0 Å². The van der Waals surface area contributed by atoms with Gasteiger partial charge in [0.2, 0.25) is 0 Å². The van der Waals surface area contributed by atoms with Gasteiger partial charge in [0.05, 0.1) is 20.2 Å². The van der Waals surface area contributed by atoms with Gasteiger partial charge in [-0.3, -0.25) is 0 Å². The van der Waals surface area contributed by atoms with E-state index in [1.54, 1.807) is 12.3 Å². The van der Waals surface area contributed by atoms with Crippen LogP contribution in [0.5, 0.6) is 0 Å². The number of hydrogen-bond donors (Lipinski definition) is 1. The minimum Gasteiger partial charge on any atom is -0.338 e. The number of pyridine rings is 1. The van der Waals surface area contributed by atoms with Crippen LogP contribution < -0.4 is 5.32 Å². The molecule has 0 spiro atoms. The average molecular weight is 318 g/mol. The van der Waals surface area contributed by atoms with E-state index in [0.29, 0.717) is 15.9 Å². The molecule has 2 rings (SSSR count). The van der Waals surface area contributed by atoms with Gasteiger partial charge < -0.3 is 5.32 Å². The van der Waals surface area contributed by atoms with Crippen molar-refractivity contribution in [3.63, 3.8) is 0 Å². The topological polar surface area (TPSA) is 24.9 Å². The molecule has 0 unspecified atom stereocenters. The van der Waals surface area contributed by atoms with Gasteiger partial charge in [-0.15, -0.1) is 0 Å². The highest BCUT2D eigenvalue weighted by Gasteiger charge is 2.04. The molecule has 0 amide bonds. The summed E-state index contributed by atoms with van der Waals surface area (Å²) in [6.45, 7) is 0. The fourth-order valence-electron chi connectivity index (χ4n) is 1.20. The first-order valence-corrected chi connectivity index (χ1v) is 6.04. The minimum absolute atomic E-state index is 0.580. The normalized spacial score (nSPS) is 10.2. The Kier molecular flexibility index (Phi) is 3.69. The molecule has 1 heterocycles. The van der Waals surface area contributed by atoms with E-state index in [1.807, 2.05) is 24.3 Å². The molecule has 0 aliphatic heterocycles. The lowest BCUT2D eigenvalue weighted by molar-refractivity contribution is 1.29. The molecule has 0 bridgehead atoms. The summed E-state index contributed by atoms with van der Waals surface area (Å²) in [5.41, 5.74) is 0.805. The van der Waals surface area contributed by atoms with Crippen molar-refractivity contribution in [3.8, 4) is 0 Å². The third-order valence-electron chi connectivity index (χ3n) is 1.93. The largest absolute Gasteiger partial charge is 0.338 e. The highest BCUT2D eigenvalue weighted by atomic mass is 79.9. The Bertz CT molecular complexity index is 517. The Labute approximate surface area is 112 Å². The third-order valence-corrected chi connectivity index (χ3v) is 3.08. The molecule has 82 valence electrons.